The molecule has 1 saturated heterocycles. The summed E-state index contributed by atoms with van der Waals surface area (Å²) < 4.78 is 0. The van der Waals surface area contributed by atoms with Gasteiger partial charge in [-0.25, -0.2) is 0 Å². The molecule has 0 bridgehead atoms. The van der Waals surface area contributed by atoms with Crippen molar-refractivity contribution in [3.63, 3.8) is 0 Å². The van der Waals surface area contributed by atoms with Crippen LogP contribution in [0.2, 0.25) is 0 Å². The predicted molar refractivity (Wildman–Crippen MR) is 71.3 cm³/mol. The molecule has 0 amide bonds. The molecule has 17 heavy (non-hydrogen) atoms. The molecule has 2 rings (SSSR count). The van der Waals surface area contributed by atoms with Crippen LogP contribution in [0.5, 0.6) is 0 Å². The lowest BCUT2D eigenvalue weighted by Crippen LogP contribution is -2.47. The molecule has 1 aliphatic heterocycles. The second kappa shape index (κ2) is 4.79. The molecule has 2 heteroatoms. The molecule has 1 heterocycles. The molecular weight excluding hydrogens is 210 g/mol. The van der Waals surface area contributed by atoms with Crippen LogP contribution >= 0.6 is 0 Å². The first-order valence-electron chi connectivity index (χ1n) is 6.46. The van der Waals surface area contributed by atoms with Gasteiger partial charge in [-0.2, -0.15) is 0 Å². The van der Waals surface area contributed by atoms with Crippen molar-refractivity contribution >= 4 is 0 Å². The highest BCUT2D eigenvalue weighted by Crippen LogP contribution is 2.26. The molecule has 1 fully saturated rings. The fourth-order valence-electron chi connectivity index (χ4n) is 2.83. The molecule has 1 atom stereocenters. The molecule has 0 saturated carbocycles. The fraction of sp³-hybridized carbons (Fsp3) is 0.600. The minimum absolute atomic E-state index is 0.536. The molecule has 1 aromatic rings. The van der Waals surface area contributed by atoms with E-state index in [1.165, 1.54) is 16.7 Å². The van der Waals surface area contributed by atoms with Gasteiger partial charge in [-0.05, 0) is 51.4 Å². The van der Waals surface area contributed by atoms with E-state index in [2.05, 4.69) is 44.0 Å². The zero-order valence-corrected chi connectivity index (χ0v) is 11.2. The average Bonchev–Trinajstić information content (AvgIpc) is 2.22. The highest BCUT2D eigenvalue weighted by molar-refractivity contribution is 5.31. The number of hydrogen-bond donors (Lipinski definition) is 1. The predicted octanol–water partition coefficient (Wildman–Crippen LogP) is 2.30. The number of benzene rings is 1. The summed E-state index contributed by atoms with van der Waals surface area (Å²) in [7, 11) is 2.09. The second-order valence-corrected chi connectivity index (χ2v) is 5.67. The van der Waals surface area contributed by atoms with Crippen molar-refractivity contribution in [1.82, 2.24) is 4.90 Å². The quantitative estimate of drug-likeness (QED) is 0.847. The normalized spacial score (nSPS) is 26.1. The van der Waals surface area contributed by atoms with E-state index in [1.54, 1.807) is 0 Å². The van der Waals surface area contributed by atoms with Crippen molar-refractivity contribution in [3.8, 4) is 0 Å². The van der Waals surface area contributed by atoms with Crippen molar-refractivity contribution in [2.45, 2.75) is 38.7 Å². The van der Waals surface area contributed by atoms with Crippen LogP contribution in [0, 0.1) is 13.8 Å². The molecule has 1 aromatic carbocycles. The molecule has 0 aliphatic carbocycles. The Morgan fingerprint density at radius 2 is 2.12 bits per heavy atom. The van der Waals surface area contributed by atoms with E-state index >= 15 is 0 Å². The van der Waals surface area contributed by atoms with E-state index in [1.807, 2.05) is 0 Å². The molecule has 94 valence electrons. The highest BCUT2D eigenvalue weighted by Gasteiger charge is 2.32. The van der Waals surface area contributed by atoms with Gasteiger partial charge in [0.05, 0.1) is 5.60 Å². The molecule has 1 unspecified atom stereocenters. The van der Waals surface area contributed by atoms with Gasteiger partial charge in [0.1, 0.15) is 0 Å². The van der Waals surface area contributed by atoms with Crippen molar-refractivity contribution < 1.29 is 5.11 Å². The molecule has 0 radical (unpaired) electrons. The maximum Gasteiger partial charge on any atom is 0.0814 e. The Labute approximate surface area is 104 Å². The standard InChI is InChI=1S/C15H23NO/c1-12-5-6-13(2)14(9-12)10-15(17)7-4-8-16(3)11-15/h5-6,9,17H,4,7-8,10-11H2,1-3H3. The summed E-state index contributed by atoms with van der Waals surface area (Å²) in [6.07, 6.45) is 2.80. The van der Waals surface area contributed by atoms with Gasteiger partial charge in [0.2, 0.25) is 0 Å². The van der Waals surface area contributed by atoms with E-state index < -0.39 is 5.60 Å². The van der Waals surface area contributed by atoms with Crippen molar-refractivity contribution in [3.05, 3.63) is 34.9 Å². The largest absolute Gasteiger partial charge is 0.388 e. The topological polar surface area (TPSA) is 23.5 Å². The summed E-state index contributed by atoms with van der Waals surface area (Å²) in [6.45, 7) is 6.14. The van der Waals surface area contributed by atoms with Crippen molar-refractivity contribution in [2.75, 3.05) is 20.1 Å². The first-order chi connectivity index (χ1) is 7.98. The van der Waals surface area contributed by atoms with Crippen LogP contribution in [-0.2, 0) is 6.42 Å². The van der Waals surface area contributed by atoms with E-state index in [4.69, 9.17) is 0 Å². The summed E-state index contributed by atoms with van der Waals surface area (Å²) in [5.41, 5.74) is 3.32. The summed E-state index contributed by atoms with van der Waals surface area (Å²) >= 11 is 0. The maximum atomic E-state index is 10.7. The van der Waals surface area contributed by atoms with Gasteiger partial charge in [-0.1, -0.05) is 23.8 Å². The van der Waals surface area contributed by atoms with E-state index in [0.29, 0.717) is 0 Å². The number of likely N-dealkylation sites (N-methyl/N-ethyl adjacent to an activating group) is 1. The number of aliphatic hydroxyl groups is 1. The molecule has 1 N–H and O–H groups in total. The minimum atomic E-state index is -0.536. The van der Waals surface area contributed by atoms with Gasteiger partial charge < -0.3 is 10.0 Å². The minimum Gasteiger partial charge on any atom is -0.388 e. The summed E-state index contributed by atoms with van der Waals surface area (Å²) in [6, 6.07) is 6.50. The van der Waals surface area contributed by atoms with Crippen molar-refractivity contribution in [1.29, 1.82) is 0 Å². The number of piperidine rings is 1. The lowest BCUT2D eigenvalue weighted by molar-refractivity contribution is -0.0224. The van der Waals surface area contributed by atoms with Gasteiger partial charge in [0.25, 0.3) is 0 Å². The van der Waals surface area contributed by atoms with Crippen LogP contribution < -0.4 is 0 Å². The summed E-state index contributed by atoms with van der Waals surface area (Å²) in [5, 5.41) is 10.7. The Morgan fingerprint density at radius 3 is 2.82 bits per heavy atom. The molecule has 1 aliphatic rings. The second-order valence-electron chi connectivity index (χ2n) is 5.67. The van der Waals surface area contributed by atoms with E-state index in [-0.39, 0.29) is 0 Å². The molecule has 0 spiro atoms. The Morgan fingerprint density at radius 1 is 1.35 bits per heavy atom. The third kappa shape index (κ3) is 3.08. The average molecular weight is 233 g/mol. The SMILES string of the molecule is Cc1ccc(C)c(CC2(O)CCCN(C)C2)c1. The van der Waals surface area contributed by atoms with Gasteiger partial charge in [-0.3, -0.25) is 0 Å². The van der Waals surface area contributed by atoms with Crippen LogP contribution in [0.25, 0.3) is 0 Å². The maximum absolute atomic E-state index is 10.7. The Kier molecular flexibility index (Phi) is 3.55. The zero-order valence-electron chi connectivity index (χ0n) is 11.2. The fourth-order valence-corrected chi connectivity index (χ4v) is 2.83. The Balaban J connectivity index is 2.16. The van der Waals surface area contributed by atoms with E-state index in [0.717, 1.165) is 32.4 Å². The zero-order chi connectivity index (χ0) is 12.5. The summed E-state index contributed by atoms with van der Waals surface area (Å²) in [5.74, 6) is 0. The Bertz CT molecular complexity index is 402. The number of aryl methyl sites for hydroxylation is 2. The first kappa shape index (κ1) is 12.6. The van der Waals surface area contributed by atoms with Crippen LogP contribution in [0.1, 0.15) is 29.5 Å². The molecule has 0 aromatic heterocycles. The van der Waals surface area contributed by atoms with Gasteiger partial charge in [-0.15, -0.1) is 0 Å². The lowest BCUT2D eigenvalue weighted by atomic mass is 9.85. The van der Waals surface area contributed by atoms with E-state index in [9.17, 15) is 5.11 Å². The number of nitrogens with zero attached hydrogens (tertiary/aromatic N) is 1. The Hall–Kier alpha value is -0.860. The number of likely N-dealkylation sites (tertiary alicyclic amines) is 1. The lowest BCUT2D eigenvalue weighted by Gasteiger charge is -2.37. The molecular formula is C15H23NO. The van der Waals surface area contributed by atoms with Crippen LogP contribution in [-0.4, -0.2) is 35.7 Å². The third-order valence-corrected chi connectivity index (χ3v) is 3.77. The highest BCUT2D eigenvalue weighted by atomic mass is 16.3. The number of hydrogen-bond acceptors (Lipinski definition) is 2. The summed E-state index contributed by atoms with van der Waals surface area (Å²) in [4.78, 5) is 2.23. The molecule has 2 nitrogen and oxygen atoms in total. The number of β-amino-alcohol motifs (C(OH)–C–C–N with tert-alkyl or cyclic N) is 1. The van der Waals surface area contributed by atoms with Gasteiger partial charge >= 0.3 is 0 Å². The number of rotatable bonds is 2. The first-order valence-corrected chi connectivity index (χ1v) is 6.46. The van der Waals surface area contributed by atoms with Crippen molar-refractivity contribution in [2.24, 2.45) is 0 Å². The van der Waals surface area contributed by atoms with Crippen LogP contribution in [0.4, 0.5) is 0 Å². The van der Waals surface area contributed by atoms with Crippen LogP contribution in [0.3, 0.4) is 0 Å². The van der Waals surface area contributed by atoms with Gasteiger partial charge in [0, 0.05) is 13.0 Å². The third-order valence-electron chi connectivity index (χ3n) is 3.77. The van der Waals surface area contributed by atoms with Gasteiger partial charge in [0.15, 0.2) is 0 Å². The smallest absolute Gasteiger partial charge is 0.0814 e. The monoisotopic (exact) mass is 233 g/mol. The van der Waals surface area contributed by atoms with Crippen LogP contribution in [0.15, 0.2) is 18.2 Å².